The summed E-state index contributed by atoms with van der Waals surface area (Å²) in [6.45, 7) is 2.29. The first-order chi connectivity index (χ1) is 9.98. The zero-order valence-corrected chi connectivity index (χ0v) is 14.2. The zero-order valence-electron chi connectivity index (χ0n) is 11.9. The lowest BCUT2D eigenvalue weighted by atomic mass is 9.78. The molecule has 1 aliphatic carbocycles. The van der Waals surface area contributed by atoms with Gasteiger partial charge in [0.1, 0.15) is 5.01 Å². The topological polar surface area (TPSA) is 38.9 Å². The summed E-state index contributed by atoms with van der Waals surface area (Å²) in [6, 6.07) is 5.45. The first-order valence-electron chi connectivity index (χ1n) is 7.18. The molecular formula is C16H18Cl2N2S. The van der Waals surface area contributed by atoms with Crippen LogP contribution in [0.25, 0.3) is 11.3 Å². The summed E-state index contributed by atoms with van der Waals surface area (Å²) < 4.78 is 0. The minimum Gasteiger partial charge on any atom is -0.319 e. The van der Waals surface area contributed by atoms with E-state index in [-0.39, 0.29) is 5.54 Å². The molecule has 0 amide bonds. The molecule has 0 saturated heterocycles. The Morgan fingerprint density at radius 1 is 1.29 bits per heavy atom. The van der Waals surface area contributed by atoms with Gasteiger partial charge in [-0.1, -0.05) is 30.1 Å². The Labute approximate surface area is 139 Å². The Kier molecular flexibility index (Phi) is 4.28. The molecule has 2 aromatic rings. The molecule has 0 spiro atoms. The maximum Gasteiger partial charge on any atom is 0.113 e. The Hall–Kier alpha value is -0.610. The monoisotopic (exact) mass is 340 g/mol. The first kappa shape index (κ1) is 15.3. The van der Waals surface area contributed by atoms with Crippen LogP contribution in [0.3, 0.4) is 0 Å². The number of hydrogen-bond acceptors (Lipinski definition) is 3. The second-order valence-electron chi connectivity index (χ2n) is 6.00. The molecule has 0 radical (unpaired) electrons. The van der Waals surface area contributed by atoms with Crippen molar-refractivity contribution in [2.45, 2.75) is 38.1 Å². The van der Waals surface area contributed by atoms with E-state index in [9.17, 15) is 0 Å². The maximum atomic E-state index is 6.59. The fourth-order valence-corrected chi connectivity index (χ4v) is 4.19. The van der Waals surface area contributed by atoms with Gasteiger partial charge in [0.25, 0.3) is 0 Å². The Morgan fingerprint density at radius 2 is 2.00 bits per heavy atom. The van der Waals surface area contributed by atoms with Crippen molar-refractivity contribution in [2.75, 3.05) is 0 Å². The zero-order chi connectivity index (χ0) is 15.0. The second-order valence-corrected chi connectivity index (χ2v) is 7.70. The summed E-state index contributed by atoms with van der Waals surface area (Å²) in [6.07, 6.45) is 4.35. The highest BCUT2D eigenvalue weighted by molar-refractivity contribution is 7.10. The van der Waals surface area contributed by atoms with E-state index in [0.29, 0.717) is 10.0 Å². The SMILES string of the molecule is CC1CCC(N)(c2nc(-c3cc(Cl)ccc3Cl)cs2)CC1. The van der Waals surface area contributed by atoms with E-state index in [4.69, 9.17) is 33.9 Å². The summed E-state index contributed by atoms with van der Waals surface area (Å²) >= 11 is 13.9. The normalized spacial score (nSPS) is 26.0. The molecule has 1 fully saturated rings. The highest BCUT2D eigenvalue weighted by Crippen LogP contribution is 2.40. The largest absolute Gasteiger partial charge is 0.319 e. The van der Waals surface area contributed by atoms with Gasteiger partial charge in [-0.05, 0) is 49.8 Å². The second kappa shape index (κ2) is 5.88. The molecule has 3 rings (SSSR count). The molecule has 1 aliphatic rings. The molecule has 2 nitrogen and oxygen atoms in total. The Balaban J connectivity index is 1.91. The summed E-state index contributed by atoms with van der Waals surface area (Å²) in [5.74, 6) is 0.767. The van der Waals surface area contributed by atoms with Gasteiger partial charge >= 0.3 is 0 Å². The lowest BCUT2D eigenvalue weighted by Gasteiger charge is -2.34. The van der Waals surface area contributed by atoms with Gasteiger partial charge in [0.15, 0.2) is 0 Å². The van der Waals surface area contributed by atoms with Crippen molar-refractivity contribution in [2.24, 2.45) is 11.7 Å². The fourth-order valence-electron chi connectivity index (χ4n) is 2.81. The molecule has 1 heterocycles. The van der Waals surface area contributed by atoms with Crippen molar-refractivity contribution in [3.05, 3.63) is 38.6 Å². The molecule has 1 aromatic heterocycles. The maximum absolute atomic E-state index is 6.59. The third-order valence-corrected chi connectivity index (χ3v) is 5.93. The van der Waals surface area contributed by atoms with Gasteiger partial charge in [-0.3, -0.25) is 0 Å². The Bertz CT molecular complexity index is 645. The molecule has 5 heteroatoms. The molecule has 0 bridgehead atoms. The van der Waals surface area contributed by atoms with Gasteiger partial charge in [0.05, 0.1) is 16.3 Å². The highest BCUT2D eigenvalue weighted by Gasteiger charge is 2.34. The van der Waals surface area contributed by atoms with Crippen LogP contribution >= 0.6 is 34.5 Å². The van der Waals surface area contributed by atoms with E-state index < -0.39 is 0 Å². The number of aromatic nitrogens is 1. The predicted molar refractivity (Wildman–Crippen MR) is 91.1 cm³/mol. The number of halogens is 2. The number of hydrogen-bond donors (Lipinski definition) is 1. The van der Waals surface area contributed by atoms with Gasteiger partial charge in [-0.25, -0.2) is 4.98 Å². The average Bonchev–Trinajstić information content (AvgIpc) is 2.95. The lowest BCUT2D eigenvalue weighted by Crippen LogP contribution is -2.40. The van der Waals surface area contributed by atoms with Crippen molar-refractivity contribution in [1.82, 2.24) is 4.98 Å². The number of thiazole rings is 1. The quantitative estimate of drug-likeness (QED) is 0.785. The number of benzene rings is 1. The first-order valence-corrected chi connectivity index (χ1v) is 8.82. The van der Waals surface area contributed by atoms with Crippen LogP contribution < -0.4 is 5.73 Å². The van der Waals surface area contributed by atoms with Gasteiger partial charge in [-0.2, -0.15) is 0 Å². The van der Waals surface area contributed by atoms with Crippen LogP contribution in [0.5, 0.6) is 0 Å². The van der Waals surface area contributed by atoms with E-state index >= 15 is 0 Å². The van der Waals surface area contributed by atoms with Crippen LogP contribution in [0.15, 0.2) is 23.6 Å². The molecule has 1 aromatic carbocycles. The molecule has 112 valence electrons. The van der Waals surface area contributed by atoms with Crippen molar-refractivity contribution in [1.29, 1.82) is 0 Å². The van der Waals surface area contributed by atoms with Gasteiger partial charge in [0.2, 0.25) is 0 Å². The van der Waals surface area contributed by atoms with E-state index in [0.717, 1.165) is 35.0 Å². The average molecular weight is 341 g/mol. The predicted octanol–water partition coefficient (Wildman–Crippen LogP) is 5.48. The van der Waals surface area contributed by atoms with Gasteiger partial charge in [-0.15, -0.1) is 11.3 Å². The fraction of sp³-hybridized carbons (Fsp3) is 0.438. The van der Waals surface area contributed by atoms with E-state index in [1.807, 2.05) is 11.4 Å². The van der Waals surface area contributed by atoms with E-state index in [1.165, 1.54) is 12.8 Å². The Morgan fingerprint density at radius 3 is 2.71 bits per heavy atom. The summed E-state index contributed by atoms with van der Waals surface area (Å²) in [5.41, 5.74) is 8.05. The lowest BCUT2D eigenvalue weighted by molar-refractivity contribution is 0.247. The van der Waals surface area contributed by atoms with Crippen LogP contribution in [0.2, 0.25) is 10.0 Å². The third kappa shape index (κ3) is 3.11. The van der Waals surface area contributed by atoms with E-state index in [2.05, 4.69) is 6.92 Å². The van der Waals surface area contributed by atoms with Crippen LogP contribution in [-0.2, 0) is 5.54 Å². The minimum absolute atomic E-state index is 0.277. The summed E-state index contributed by atoms with van der Waals surface area (Å²) in [5, 5.41) is 4.37. The molecule has 0 aliphatic heterocycles. The highest BCUT2D eigenvalue weighted by atomic mass is 35.5. The van der Waals surface area contributed by atoms with Crippen molar-refractivity contribution in [3.63, 3.8) is 0 Å². The molecule has 21 heavy (non-hydrogen) atoms. The van der Waals surface area contributed by atoms with Crippen molar-refractivity contribution in [3.8, 4) is 11.3 Å². The molecule has 0 unspecified atom stereocenters. The third-order valence-electron chi connectivity index (χ3n) is 4.30. The standard InChI is InChI=1S/C16H18Cl2N2S/c1-10-4-6-16(19,7-5-10)15-20-14(9-21-15)12-8-11(17)2-3-13(12)18/h2-3,8-10H,4-7,19H2,1H3. The number of rotatable bonds is 2. The summed E-state index contributed by atoms with van der Waals surface area (Å²) in [7, 11) is 0. The van der Waals surface area contributed by atoms with Crippen molar-refractivity contribution < 1.29 is 0 Å². The van der Waals surface area contributed by atoms with Crippen LogP contribution in [0.1, 0.15) is 37.6 Å². The number of nitrogens with zero attached hydrogens (tertiary/aromatic N) is 1. The smallest absolute Gasteiger partial charge is 0.113 e. The molecule has 2 N–H and O–H groups in total. The van der Waals surface area contributed by atoms with Gasteiger partial charge in [0, 0.05) is 16.0 Å². The minimum atomic E-state index is -0.277. The molecular weight excluding hydrogens is 323 g/mol. The van der Waals surface area contributed by atoms with Crippen LogP contribution in [-0.4, -0.2) is 4.98 Å². The van der Waals surface area contributed by atoms with Gasteiger partial charge < -0.3 is 5.73 Å². The van der Waals surface area contributed by atoms with Crippen LogP contribution in [0, 0.1) is 5.92 Å². The molecule has 1 saturated carbocycles. The van der Waals surface area contributed by atoms with Crippen LogP contribution in [0.4, 0.5) is 0 Å². The van der Waals surface area contributed by atoms with E-state index in [1.54, 1.807) is 23.5 Å². The summed E-state index contributed by atoms with van der Waals surface area (Å²) in [4.78, 5) is 4.75. The number of nitrogens with two attached hydrogens (primary N) is 1. The molecule has 0 atom stereocenters. The van der Waals surface area contributed by atoms with Crippen molar-refractivity contribution >= 4 is 34.5 Å².